The van der Waals surface area contributed by atoms with E-state index < -0.39 is 0 Å². The molecule has 1 unspecified atom stereocenters. The van der Waals surface area contributed by atoms with Crippen molar-refractivity contribution < 1.29 is 4.79 Å². The van der Waals surface area contributed by atoms with Gasteiger partial charge in [0.25, 0.3) is 5.91 Å². The third-order valence-electron chi connectivity index (χ3n) is 1.78. The molecule has 1 rings (SSSR count). The zero-order valence-corrected chi connectivity index (χ0v) is 9.51. The van der Waals surface area contributed by atoms with Gasteiger partial charge in [0.1, 0.15) is 10.7 Å². The standard InChI is InChI=1S/C10H15N3OS/c1-3-4-5-12-9(14)8-6-15-10(13-8)7(2)11/h3,6-7H,1,4-5,11H2,2H3,(H,12,14). The molecule has 0 saturated heterocycles. The van der Waals surface area contributed by atoms with E-state index in [-0.39, 0.29) is 11.9 Å². The second-order valence-electron chi connectivity index (χ2n) is 3.19. The molecule has 0 spiro atoms. The summed E-state index contributed by atoms with van der Waals surface area (Å²) in [6.07, 6.45) is 2.52. The molecule has 1 atom stereocenters. The van der Waals surface area contributed by atoms with E-state index in [4.69, 9.17) is 5.73 Å². The Kier molecular flexibility index (Phi) is 4.45. The van der Waals surface area contributed by atoms with E-state index in [9.17, 15) is 4.79 Å². The number of carbonyl (C=O) groups is 1. The highest BCUT2D eigenvalue weighted by Gasteiger charge is 2.11. The lowest BCUT2D eigenvalue weighted by molar-refractivity contribution is 0.0950. The highest BCUT2D eigenvalue weighted by Crippen LogP contribution is 2.15. The van der Waals surface area contributed by atoms with E-state index in [1.807, 2.05) is 6.92 Å². The molecule has 82 valence electrons. The van der Waals surface area contributed by atoms with Crippen LogP contribution >= 0.6 is 11.3 Å². The summed E-state index contributed by atoms with van der Waals surface area (Å²) < 4.78 is 0. The van der Waals surface area contributed by atoms with Crippen molar-refractivity contribution in [2.24, 2.45) is 5.73 Å². The summed E-state index contributed by atoms with van der Waals surface area (Å²) in [7, 11) is 0. The van der Waals surface area contributed by atoms with Crippen LogP contribution in [-0.4, -0.2) is 17.4 Å². The lowest BCUT2D eigenvalue weighted by Gasteiger charge is -2.00. The number of amides is 1. The van der Waals surface area contributed by atoms with Crippen molar-refractivity contribution >= 4 is 17.2 Å². The Morgan fingerprint density at radius 1 is 1.87 bits per heavy atom. The van der Waals surface area contributed by atoms with Gasteiger partial charge in [-0.15, -0.1) is 17.9 Å². The van der Waals surface area contributed by atoms with Crippen molar-refractivity contribution in [1.82, 2.24) is 10.3 Å². The molecule has 4 nitrogen and oxygen atoms in total. The number of rotatable bonds is 5. The molecular weight excluding hydrogens is 210 g/mol. The van der Waals surface area contributed by atoms with E-state index in [0.29, 0.717) is 12.2 Å². The fraction of sp³-hybridized carbons (Fsp3) is 0.400. The van der Waals surface area contributed by atoms with Crippen molar-refractivity contribution in [3.63, 3.8) is 0 Å². The molecule has 0 aliphatic rings. The summed E-state index contributed by atoms with van der Waals surface area (Å²) in [4.78, 5) is 15.7. The van der Waals surface area contributed by atoms with E-state index in [0.717, 1.165) is 11.4 Å². The highest BCUT2D eigenvalue weighted by atomic mass is 32.1. The number of nitrogens with one attached hydrogen (secondary N) is 1. The Morgan fingerprint density at radius 3 is 3.13 bits per heavy atom. The maximum Gasteiger partial charge on any atom is 0.270 e. The predicted octanol–water partition coefficient (Wildman–Crippen LogP) is 1.47. The number of carbonyl (C=O) groups excluding carboxylic acids is 1. The molecule has 1 aromatic heterocycles. The van der Waals surface area contributed by atoms with E-state index in [1.54, 1.807) is 11.5 Å². The third kappa shape index (κ3) is 3.45. The molecule has 3 N–H and O–H groups in total. The predicted molar refractivity (Wildman–Crippen MR) is 61.9 cm³/mol. The van der Waals surface area contributed by atoms with Crippen LogP contribution in [0.4, 0.5) is 0 Å². The average molecular weight is 225 g/mol. The molecule has 15 heavy (non-hydrogen) atoms. The fourth-order valence-corrected chi connectivity index (χ4v) is 1.74. The van der Waals surface area contributed by atoms with E-state index >= 15 is 0 Å². The summed E-state index contributed by atoms with van der Waals surface area (Å²) in [5, 5.41) is 5.25. The second kappa shape index (κ2) is 5.63. The molecule has 1 heterocycles. The molecule has 1 amide bonds. The van der Waals surface area contributed by atoms with E-state index in [1.165, 1.54) is 11.3 Å². The summed E-state index contributed by atoms with van der Waals surface area (Å²) in [6, 6.07) is -0.121. The lowest BCUT2D eigenvalue weighted by Crippen LogP contribution is -2.24. The Labute approximate surface area is 93.2 Å². The van der Waals surface area contributed by atoms with Crippen LogP contribution in [0, 0.1) is 0 Å². The van der Waals surface area contributed by atoms with Gasteiger partial charge in [0.2, 0.25) is 0 Å². The zero-order chi connectivity index (χ0) is 11.3. The molecule has 0 bridgehead atoms. The first-order valence-corrected chi connectivity index (χ1v) is 5.63. The van der Waals surface area contributed by atoms with Crippen LogP contribution in [0.1, 0.15) is 34.9 Å². The SMILES string of the molecule is C=CCCNC(=O)c1csc(C(C)N)n1. The van der Waals surface area contributed by atoms with Gasteiger partial charge in [0.05, 0.1) is 6.04 Å². The maximum atomic E-state index is 11.5. The Bertz CT molecular complexity index is 346. The van der Waals surface area contributed by atoms with Crippen LogP contribution in [0.25, 0.3) is 0 Å². The molecule has 0 radical (unpaired) electrons. The van der Waals surface area contributed by atoms with Gasteiger partial charge in [-0.05, 0) is 13.3 Å². The molecule has 5 heteroatoms. The largest absolute Gasteiger partial charge is 0.350 e. The number of thiazole rings is 1. The first-order chi connectivity index (χ1) is 7.15. The van der Waals surface area contributed by atoms with Crippen LogP contribution in [0.3, 0.4) is 0 Å². The Morgan fingerprint density at radius 2 is 2.60 bits per heavy atom. The molecule has 0 aromatic carbocycles. The first-order valence-electron chi connectivity index (χ1n) is 4.75. The van der Waals surface area contributed by atoms with Crippen molar-refractivity contribution in [2.45, 2.75) is 19.4 Å². The van der Waals surface area contributed by atoms with Gasteiger partial charge in [0.15, 0.2) is 0 Å². The molecule has 0 saturated carbocycles. The summed E-state index contributed by atoms with van der Waals surface area (Å²) in [5.41, 5.74) is 6.09. The van der Waals surface area contributed by atoms with Gasteiger partial charge >= 0.3 is 0 Å². The minimum Gasteiger partial charge on any atom is -0.350 e. The Hall–Kier alpha value is -1.20. The minimum absolute atomic E-state index is 0.121. The zero-order valence-electron chi connectivity index (χ0n) is 8.69. The fourth-order valence-electron chi connectivity index (χ4n) is 0.979. The molecule has 0 aliphatic heterocycles. The van der Waals surface area contributed by atoms with Crippen molar-refractivity contribution in [2.75, 3.05) is 6.54 Å². The van der Waals surface area contributed by atoms with Crippen LogP contribution in [0.5, 0.6) is 0 Å². The number of aromatic nitrogens is 1. The van der Waals surface area contributed by atoms with Crippen LogP contribution < -0.4 is 11.1 Å². The molecule has 0 aliphatic carbocycles. The quantitative estimate of drug-likeness (QED) is 0.589. The second-order valence-corrected chi connectivity index (χ2v) is 4.08. The number of hydrogen-bond acceptors (Lipinski definition) is 4. The van der Waals surface area contributed by atoms with Gasteiger partial charge in [0, 0.05) is 11.9 Å². The van der Waals surface area contributed by atoms with Gasteiger partial charge in [-0.3, -0.25) is 4.79 Å². The van der Waals surface area contributed by atoms with Gasteiger partial charge in [-0.2, -0.15) is 0 Å². The van der Waals surface area contributed by atoms with E-state index in [2.05, 4.69) is 16.9 Å². The normalized spacial score (nSPS) is 12.1. The monoisotopic (exact) mass is 225 g/mol. The van der Waals surface area contributed by atoms with Gasteiger partial charge < -0.3 is 11.1 Å². The van der Waals surface area contributed by atoms with Gasteiger partial charge in [-0.25, -0.2) is 4.98 Å². The maximum absolute atomic E-state index is 11.5. The number of nitrogens with two attached hydrogens (primary N) is 1. The first kappa shape index (κ1) is 11.9. The van der Waals surface area contributed by atoms with Crippen LogP contribution in [-0.2, 0) is 0 Å². The van der Waals surface area contributed by atoms with Crippen LogP contribution in [0.15, 0.2) is 18.0 Å². The molecule has 0 fully saturated rings. The van der Waals surface area contributed by atoms with Gasteiger partial charge in [-0.1, -0.05) is 6.08 Å². The highest BCUT2D eigenvalue weighted by molar-refractivity contribution is 7.09. The van der Waals surface area contributed by atoms with Crippen molar-refractivity contribution in [1.29, 1.82) is 0 Å². The van der Waals surface area contributed by atoms with Crippen molar-refractivity contribution in [3.8, 4) is 0 Å². The topological polar surface area (TPSA) is 68.0 Å². The Balaban J connectivity index is 2.54. The summed E-state index contributed by atoms with van der Waals surface area (Å²) in [5.74, 6) is -0.153. The summed E-state index contributed by atoms with van der Waals surface area (Å²) in [6.45, 7) is 6.01. The molecule has 1 aromatic rings. The lowest BCUT2D eigenvalue weighted by atomic mass is 10.3. The minimum atomic E-state index is -0.153. The number of nitrogens with zero attached hydrogens (tertiary/aromatic N) is 1. The summed E-state index contributed by atoms with van der Waals surface area (Å²) >= 11 is 1.41. The third-order valence-corrected chi connectivity index (χ3v) is 2.82. The van der Waals surface area contributed by atoms with Crippen molar-refractivity contribution in [3.05, 3.63) is 28.7 Å². The molecular formula is C10H15N3OS. The smallest absolute Gasteiger partial charge is 0.270 e. The van der Waals surface area contributed by atoms with Crippen LogP contribution in [0.2, 0.25) is 0 Å². The number of hydrogen-bond donors (Lipinski definition) is 2. The average Bonchev–Trinajstić information content (AvgIpc) is 2.66.